The predicted molar refractivity (Wildman–Crippen MR) is 112 cm³/mol. The van der Waals surface area contributed by atoms with E-state index in [9.17, 15) is 17.6 Å². The molecule has 7 nitrogen and oxygen atoms in total. The highest BCUT2D eigenvalue weighted by atomic mass is 32.2. The van der Waals surface area contributed by atoms with Crippen LogP contribution in [0.5, 0.6) is 0 Å². The highest BCUT2D eigenvalue weighted by Crippen LogP contribution is 2.16. The fourth-order valence-corrected chi connectivity index (χ4v) is 3.93. The molecule has 0 atom stereocenters. The number of carbonyl (C=O) groups is 1. The summed E-state index contributed by atoms with van der Waals surface area (Å²) in [6.07, 6.45) is 3.51. The number of nitrogens with one attached hydrogen (secondary N) is 1. The van der Waals surface area contributed by atoms with Gasteiger partial charge in [-0.2, -0.15) is 0 Å². The van der Waals surface area contributed by atoms with Crippen LogP contribution in [-0.4, -0.2) is 42.2 Å². The molecule has 0 fully saturated rings. The van der Waals surface area contributed by atoms with Crippen LogP contribution >= 0.6 is 0 Å². The first-order valence-electron chi connectivity index (χ1n) is 9.25. The van der Waals surface area contributed by atoms with Crippen LogP contribution in [0.15, 0.2) is 71.9 Å². The zero-order valence-corrected chi connectivity index (χ0v) is 17.1. The number of carbonyl (C=O) groups excluding carboxylic acids is 1. The van der Waals surface area contributed by atoms with Crippen molar-refractivity contribution in [3.63, 3.8) is 0 Å². The topological polar surface area (TPSA) is 92.3 Å². The molecule has 3 aromatic rings. The molecular formula is C21H21FN4O3S. The third-order valence-electron chi connectivity index (χ3n) is 4.37. The van der Waals surface area contributed by atoms with Gasteiger partial charge in [0.25, 0.3) is 0 Å². The van der Waals surface area contributed by atoms with Gasteiger partial charge in [-0.05, 0) is 30.7 Å². The highest BCUT2D eigenvalue weighted by Gasteiger charge is 2.20. The highest BCUT2D eigenvalue weighted by molar-refractivity contribution is 7.89. The lowest BCUT2D eigenvalue weighted by atomic mass is 10.2. The fraction of sp³-hybridized carbons (Fsp3) is 0.190. The lowest BCUT2D eigenvalue weighted by Gasteiger charge is -2.17. The van der Waals surface area contributed by atoms with Gasteiger partial charge in [-0.3, -0.25) is 4.79 Å². The number of hydrogen-bond donors (Lipinski definition) is 1. The smallest absolute Gasteiger partial charge is 0.242 e. The van der Waals surface area contributed by atoms with E-state index in [1.807, 2.05) is 30.3 Å². The quantitative estimate of drug-likeness (QED) is 0.594. The summed E-state index contributed by atoms with van der Waals surface area (Å²) in [5, 5.41) is 2.70. The summed E-state index contributed by atoms with van der Waals surface area (Å²) >= 11 is 0. The first-order valence-corrected chi connectivity index (χ1v) is 10.7. The van der Waals surface area contributed by atoms with Crippen molar-refractivity contribution in [2.24, 2.45) is 0 Å². The number of amides is 1. The Hall–Kier alpha value is -3.17. The van der Waals surface area contributed by atoms with Crippen LogP contribution in [0.1, 0.15) is 12.8 Å². The Morgan fingerprint density at radius 2 is 1.67 bits per heavy atom. The van der Waals surface area contributed by atoms with Gasteiger partial charge in [-0.15, -0.1) is 0 Å². The normalized spacial score (nSPS) is 11.4. The second kappa shape index (κ2) is 9.55. The minimum Gasteiger partial charge on any atom is -0.323 e. The largest absolute Gasteiger partial charge is 0.323 e. The molecule has 0 spiro atoms. The molecular weight excluding hydrogens is 407 g/mol. The average Bonchev–Trinajstić information content (AvgIpc) is 2.75. The van der Waals surface area contributed by atoms with Gasteiger partial charge in [-0.25, -0.2) is 27.1 Å². The summed E-state index contributed by atoms with van der Waals surface area (Å²) in [4.78, 5) is 20.6. The summed E-state index contributed by atoms with van der Waals surface area (Å²) in [5.41, 5.74) is 1.34. The van der Waals surface area contributed by atoms with Crippen molar-refractivity contribution in [2.45, 2.75) is 17.7 Å². The molecule has 30 heavy (non-hydrogen) atoms. The van der Waals surface area contributed by atoms with Crippen molar-refractivity contribution in [2.75, 3.05) is 18.9 Å². The van der Waals surface area contributed by atoms with Gasteiger partial charge >= 0.3 is 0 Å². The molecule has 0 aliphatic heterocycles. The summed E-state index contributed by atoms with van der Waals surface area (Å²) in [7, 11) is -2.31. The Balaban J connectivity index is 1.49. The number of hydrogen-bond acceptors (Lipinski definition) is 5. The summed E-state index contributed by atoms with van der Waals surface area (Å²) in [5.74, 6) is -0.214. The fourth-order valence-electron chi connectivity index (χ4n) is 2.72. The van der Waals surface area contributed by atoms with Gasteiger partial charge in [0.2, 0.25) is 15.9 Å². The van der Waals surface area contributed by atoms with E-state index in [1.165, 1.54) is 31.6 Å². The van der Waals surface area contributed by atoms with E-state index in [4.69, 9.17) is 0 Å². The van der Waals surface area contributed by atoms with Crippen molar-refractivity contribution in [3.05, 3.63) is 72.8 Å². The second-order valence-corrected chi connectivity index (χ2v) is 8.64. The number of anilines is 1. The van der Waals surface area contributed by atoms with E-state index in [1.54, 1.807) is 0 Å². The van der Waals surface area contributed by atoms with Crippen LogP contribution in [0.25, 0.3) is 11.4 Å². The molecule has 1 aromatic heterocycles. The van der Waals surface area contributed by atoms with E-state index >= 15 is 0 Å². The van der Waals surface area contributed by atoms with Gasteiger partial charge in [0.15, 0.2) is 5.82 Å². The second-order valence-electron chi connectivity index (χ2n) is 6.59. The van der Waals surface area contributed by atoms with Gasteiger partial charge in [0.05, 0.1) is 23.0 Å². The number of benzene rings is 2. The van der Waals surface area contributed by atoms with Crippen molar-refractivity contribution in [3.8, 4) is 11.4 Å². The van der Waals surface area contributed by atoms with E-state index in [0.29, 0.717) is 17.9 Å². The lowest BCUT2D eigenvalue weighted by molar-refractivity contribution is -0.116. The minimum atomic E-state index is -3.73. The summed E-state index contributed by atoms with van der Waals surface area (Å²) < 4.78 is 39.0. The standard InChI is InChI=1S/C21H21FN4O3S/c1-26(30(28,29)19-11-9-17(22)10-12-19)13-5-8-20(27)25-18-14-23-21(24-15-18)16-6-3-2-4-7-16/h2-4,6-7,9-12,14-15H,5,8,13H2,1H3,(H,25,27). The Morgan fingerprint density at radius 3 is 2.30 bits per heavy atom. The number of halogens is 1. The molecule has 2 aromatic carbocycles. The molecule has 1 heterocycles. The van der Waals surface area contributed by atoms with Crippen LogP contribution < -0.4 is 5.32 Å². The molecule has 1 amide bonds. The maximum Gasteiger partial charge on any atom is 0.242 e. The number of aromatic nitrogens is 2. The maximum absolute atomic E-state index is 13.0. The van der Waals surface area contributed by atoms with Crippen molar-refractivity contribution in [1.29, 1.82) is 0 Å². The maximum atomic E-state index is 13.0. The molecule has 9 heteroatoms. The van der Waals surface area contributed by atoms with Crippen LogP contribution in [0.2, 0.25) is 0 Å². The van der Waals surface area contributed by atoms with Crippen LogP contribution in [0, 0.1) is 5.82 Å². The van der Waals surface area contributed by atoms with Crippen molar-refractivity contribution < 1.29 is 17.6 Å². The molecule has 0 saturated carbocycles. The van der Waals surface area contributed by atoms with E-state index in [2.05, 4.69) is 15.3 Å². The molecule has 3 rings (SSSR count). The third kappa shape index (κ3) is 5.46. The molecule has 1 N–H and O–H groups in total. The number of nitrogens with zero attached hydrogens (tertiary/aromatic N) is 3. The van der Waals surface area contributed by atoms with Gasteiger partial charge in [0, 0.05) is 25.6 Å². The lowest BCUT2D eigenvalue weighted by Crippen LogP contribution is -2.28. The molecule has 156 valence electrons. The minimum absolute atomic E-state index is 0.00602. The average molecular weight is 428 g/mol. The van der Waals surface area contributed by atoms with E-state index < -0.39 is 15.8 Å². The predicted octanol–water partition coefficient (Wildman–Crippen LogP) is 3.32. The Labute approximate surface area is 174 Å². The first kappa shape index (κ1) is 21.5. The summed E-state index contributed by atoms with van der Waals surface area (Å²) in [6.45, 7) is 0.149. The van der Waals surface area contributed by atoms with Crippen LogP contribution in [-0.2, 0) is 14.8 Å². The molecule has 0 saturated heterocycles. The SMILES string of the molecule is CN(CCCC(=O)Nc1cnc(-c2ccccc2)nc1)S(=O)(=O)c1ccc(F)cc1. The number of rotatable bonds is 8. The molecule has 0 aliphatic carbocycles. The molecule has 0 bridgehead atoms. The zero-order chi connectivity index (χ0) is 21.6. The van der Waals surface area contributed by atoms with Crippen molar-refractivity contribution in [1.82, 2.24) is 14.3 Å². The zero-order valence-electron chi connectivity index (χ0n) is 16.3. The van der Waals surface area contributed by atoms with Gasteiger partial charge in [0.1, 0.15) is 5.82 Å². The van der Waals surface area contributed by atoms with Crippen LogP contribution in [0.3, 0.4) is 0 Å². The Bertz CT molecular complexity index is 1090. The monoisotopic (exact) mass is 428 g/mol. The van der Waals surface area contributed by atoms with Crippen molar-refractivity contribution >= 4 is 21.6 Å². The third-order valence-corrected chi connectivity index (χ3v) is 6.24. The Morgan fingerprint density at radius 1 is 1.03 bits per heavy atom. The summed E-state index contributed by atoms with van der Waals surface area (Å²) in [6, 6.07) is 14.1. The molecule has 0 radical (unpaired) electrons. The number of sulfonamides is 1. The molecule has 0 aliphatic rings. The van der Waals surface area contributed by atoms with Gasteiger partial charge in [-0.1, -0.05) is 30.3 Å². The van der Waals surface area contributed by atoms with Gasteiger partial charge < -0.3 is 5.32 Å². The Kier molecular flexibility index (Phi) is 6.86. The molecule has 0 unspecified atom stereocenters. The van der Waals surface area contributed by atoms with E-state index in [0.717, 1.165) is 22.0 Å². The first-order chi connectivity index (χ1) is 14.4. The van der Waals surface area contributed by atoms with Crippen LogP contribution in [0.4, 0.5) is 10.1 Å². The van der Waals surface area contributed by atoms with E-state index in [-0.39, 0.29) is 23.8 Å².